The van der Waals surface area contributed by atoms with Gasteiger partial charge in [-0.15, -0.1) is 0 Å². The third-order valence-electron chi connectivity index (χ3n) is 6.41. The van der Waals surface area contributed by atoms with Crippen LogP contribution in [-0.2, 0) is 22.5 Å². The largest absolute Gasteiger partial charge is 0.493 e. The lowest BCUT2D eigenvalue weighted by atomic mass is 9.97. The second kappa shape index (κ2) is 9.43. The van der Waals surface area contributed by atoms with Gasteiger partial charge in [0, 0.05) is 37.4 Å². The monoisotopic (exact) mass is 458 g/mol. The number of nitrogens with zero attached hydrogens (tertiary/aromatic N) is 3. The van der Waals surface area contributed by atoms with Crippen LogP contribution in [0.4, 0.5) is 10.3 Å². The van der Waals surface area contributed by atoms with E-state index in [1.54, 1.807) is 7.11 Å². The summed E-state index contributed by atoms with van der Waals surface area (Å²) < 4.78 is 29.5. The molecule has 7 nitrogen and oxygen atoms in total. The van der Waals surface area contributed by atoms with Crippen LogP contribution in [-0.4, -0.2) is 54.4 Å². The van der Waals surface area contributed by atoms with Crippen molar-refractivity contribution in [3.05, 3.63) is 41.2 Å². The predicted molar refractivity (Wildman–Crippen MR) is 126 cm³/mol. The number of likely N-dealkylation sites (tertiary alicyclic amines) is 1. The molecule has 2 aliphatic heterocycles. The summed E-state index contributed by atoms with van der Waals surface area (Å²) in [5.41, 5.74) is 2.35. The molecule has 0 spiro atoms. The van der Waals surface area contributed by atoms with E-state index in [9.17, 15) is 4.39 Å². The number of nitrogens with one attached hydrogen (secondary N) is 1. The lowest BCUT2D eigenvalue weighted by molar-refractivity contribution is -0.106. The van der Waals surface area contributed by atoms with Gasteiger partial charge in [-0.1, -0.05) is 6.07 Å². The molecule has 180 valence electrons. The highest BCUT2D eigenvalue weighted by Gasteiger charge is 2.45. The number of piperidine rings is 1. The number of anilines is 1. The molecule has 0 aliphatic carbocycles. The van der Waals surface area contributed by atoms with Crippen molar-refractivity contribution in [2.75, 3.05) is 38.8 Å². The molecule has 8 heteroatoms. The van der Waals surface area contributed by atoms with Gasteiger partial charge in [-0.25, -0.2) is 14.4 Å². The molecule has 2 aromatic rings. The van der Waals surface area contributed by atoms with Crippen LogP contribution in [0.15, 0.2) is 24.4 Å². The molecular formula is C25H35FN4O3. The SMILES string of the molecule is COc1ccc(CN2CCC(Nc3ncc4c(n3)C(C)(C)OC4(C)C)CC2)cc1OCCF. The Balaban J connectivity index is 1.34. The maximum Gasteiger partial charge on any atom is 0.223 e. The Morgan fingerprint density at radius 1 is 1.15 bits per heavy atom. The van der Waals surface area contributed by atoms with E-state index >= 15 is 0 Å². The number of aromatic nitrogens is 2. The first-order valence-corrected chi connectivity index (χ1v) is 11.6. The third-order valence-corrected chi connectivity index (χ3v) is 6.41. The second-order valence-corrected chi connectivity index (χ2v) is 9.80. The highest BCUT2D eigenvalue weighted by atomic mass is 19.1. The van der Waals surface area contributed by atoms with Gasteiger partial charge in [0.1, 0.15) is 18.9 Å². The maximum absolute atomic E-state index is 12.5. The Kier molecular flexibility index (Phi) is 6.77. The van der Waals surface area contributed by atoms with Gasteiger partial charge in [-0.2, -0.15) is 0 Å². The first-order chi connectivity index (χ1) is 15.7. The average molecular weight is 459 g/mol. The van der Waals surface area contributed by atoms with Gasteiger partial charge < -0.3 is 19.5 Å². The fraction of sp³-hybridized carbons (Fsp3) is 0.600. The summed E-state index contributed by atoms with van der Waals surface area (Å²) in [7, 11) is 1.59. The summed E-state index contributed by atoms with van der Waals surface area (Å²) in [4.78, 5) is 11.8. The van der Waals surface area contributed by atoms with E-state index in [4.69, 9.17) is 19.2 Å². The van der Waals surface area contributed by atoms with Gasteiger partial charge >= 0.3 is 0 Å². The van der Waals surface area contributed by atoms with Gasteiger partial charge in [-0.3, -0.25) is 4.90 Å². The fourth-order valence-corrected chi connectivity index (χ4v) is 4.85. The summed E-state index contributed by atoms with van der Waals surface area (Å²) in [5.74, 6) is 1.89. The number of hydrogen-bond donors (Lipinski definition) is 1. The second-order valence-electron chi connectivity index (χ2n) is 9.80. The molecule has 0 radical (unpaired) electrons. The molecule has 0 amide bonds. The van der Waals surface area contributed by atoms with Gasteiger partial charge in [0.2, 0.25) is 5.95 Å². The van der Waals surface area contributed by atoms with Crippen LogP contribution in [0.3, 0.4) is 0 Å². The Morgan fingerprint density at radius 3 is 2.61 bits per heavy atom. The number of fused-ring (bicyclic) bond motifs is 1. The number of rotatable bonds is 8. The maximum atomic E-state index is 12.5. The lowest BCUT2D eigenvalue weighted by Gasteiger charge is -2.32. The first-order valence-electron chi connectivity index (χ1n) is 11.6. The molecular weight excluding hydrogens is 423 g/mol. The molecule has 2 aliphatic rings. The standard InChI is InChI=1S/C25H35FN4O3/c1-24(2)19-15-27-23(29-22(19)25(3,4)33-24)28-18-8-11-30(12-9-18)16-17-6-7-20(31-5)21(14-17)32-13-10-26/h6-7,14-15,18H,8-13,16H2,1-5H3,(H,27,28,29). The molecule has 0 bridgehead atoms. The van der Waals surface area contributed by atoms with Crippen molar-refractivity contribution in [1.29, 1.82) is 0 Å². The summed E-state index contributed by atoms with van der Waals surface area (Å²) in [6.45, 7) is 10.5. The van der Waals surface area contributed by atoms with Crippen molar-refractivity contribution in [3.63, 3.8) is 0 Å². The van der Waals surface area contributed by atoms with Crippen molar-refractivity contribution in [2.24, 2.45) is 0 Å². The summed E-state index contributed by atoms with van der Waals surface area (Å²) in [6.07, 6.45) is 3.92. The fourth-order valence-electron chi connectivity index (χ4n) is 4.85. The van der Waals surface area contributed by atoms with Gasteiger partial charge in [0.25, 0.3) is 0 Å². The molecule has 0 atom stereocenters. The van der Waals surface area contributed by atoms with Crippen LogP contribution in [0.1, 0.15) is 57.4 Å². The number of methoxy groups -OCH3 is 1. The van der Waals surface area contributed by atoms with Crippen LogP contribution in [0.2, 0.25) is 0 Å². The van der Waals surface area contributed by atoms with Crippen LogP contribution in [0.25, 0.3) is 0 Å². The predicted octanol–water partition coefficient (Wildman–Crippen LogP) is 4.41. The topological polar surface area (TPSA) is 68.7 Å². The Bertz CT molecular complexity index is 974. The molecule has 0 saturated carbocycles. The zero-order valence-electron chi connectivity index (χ0n) is 20.3. The Morgan fingerprint density at radius 2 is 1.91 bits per heavy atom. The average Bonchev–Trinajstić information content (AvgIpc) is 2.97. The van der Waals surface area contributed by atoms with E-state index in [2.05, 4.69) is 42.9 Å². The van der Waals surface area contributed by atoms with E-state index in [1.165, 1.54) is 0 Å². The van der Waals surface area contributed by atoms with Gasteiger partial charge in [-0.05, 0) is 58.2 Å². The zero-order valence-corrected chi connectivity index (χ0v) is 20.3. The molecule has 33 heavy (non-hydrogen) atoms. The summed E-state index contributed by atoms with van der Waals surface area (Å²) in [5, 5.41) is 3.53. The number of alkyl halides is 1. The molecule has 1 aromatic carbocycles. The number of ether oxygens (including phenoxy) is 3. The quantitative estimate of drug-likeness (QED) is 0.628. The Hall–Kier alpha value is -2.45. The van der Waals surface area contributed by atoms with Crippen molar-refractivity contribution < 1.29 is 18.6 Å². The van der Waals surface area contributed by atoms with E-state index in [-0.39, 0.29) is 12.2 Å². The number of benzene rings is 1. The minimum Gasteiger partial charge on any atom is -0.493 e. The zero-order chi connectivity index (χ0) is 23.6. The molecule has 1 saturated heterocycles. The van der Waals surface area contributed by atoms with Gasteiger partial charge in [0.15, 0.2) is 11.5 Å². The Labute approximate surface area is 195 Å². The minimum atomic E-state index is -0.524. The highest BCUT2D eigenvalue weighted by Crippen LogP contribution is 2.45. The summed E-state index contributed by atoms with van der Waals surface area (Å²) in [6, 6.07) is 6.20. The van der Waals surface area contributed by atoms with Gasteiger partial charge in [0.05, 0.1) is 18.4 Å². The molecule has 0 unspecified atom stereocenters. The van der Waals surface area contributed by atoms with E-state index in [1.807, 2.05) is 24.4 Å². The van der Waals surface area contributed by atoms with Crippen LogP contribution in [0, 0.1) is 0 Å². The first kappa shape index (κ1) is 23.7. The van der Waals surface area contributed by atoms with Crippen LogP contribution in [0.5, 0.6) is 11.5 Å². The van der Waals surface area contributed by atoms with E-state index < -0.39 is 12.3 Å². The molecule has 1 fully saturated rings. The molecule has 4 rings (SSSR count). The van der Waals surface area contributed by atoms with Crippen LogP contribution < -0.4 is 14.8 Å². The normalized spacial score (nSPS) is 19.8. The smallest absolute Gasteiger partial charge is 0.223 e. The third kappa shape index (κ3) is 5.22. The van der Waals surface area contributed by atoms with E-state index in [0.29, 0.717) is 23.5 Å². The molecule has 1 aromatic heterocycles. The number of hydrogen-bond acceptors (Lipinski definition) is 7. The molecule has 1 N–H and O–H groups in total. The van der Waals surface area contributed by atoms with Crippen molar-refractivity contribution in [1.82, 2.24) is 14.9 Å². The number of halogens is 1. The van der Waals surface area contributed by atoms with E-state index in [0.717, 1.165) is 49.3 Å². The highest BCUT2D eigenvalue weighted by molar-refractivity contribution is 5.43. The summed E-state index contributed by atoms with van der Waals surface area (Å²) >= 11 is 0. The molecule has 3 heterocycles. The minimum absolute atomic E-state index is 0.0302. The van der Waals surface area contributed by atoms with Crippen molar-refractivity contribution >= 4 is 5.95 Å². The van der Waals surface area contributed by atoms with Crippen LogP contribution >= 0.6 is 0 Å². The van der Waals surface area contributed by atoms with Crippen molar-refractivity contribution in [3.8, 4) is 11.5 Å². The lowest BCUT2D eigenvalue weighted by Crippen LogP contribution is -2.39. The van der Waals surface area contributed by atoms with Crippen molar-refractivity contribution in [2.45, 2.75) is 64.3 Å².